The zero-order chi connectivity index (χ0) is 22.0. The topological polar surface area (TPSA) is 129 Å². The van der Waals surface area contributed by atoms with E-state index in [9.17, 15) is 19.7 Å². The fraction of sp³-hybridized carbons (Fsp3) is 0.222. The third-order valence-electron chi connectivity index (χ3n) is 4.39. The molecule has 0 atom stereocenters. The summed E-state index contributed by atoms with van der Waals surface area (Å²) in [6, 6.07) is 5.82. The first-order chi connectivity index (χ1) is 14.2. The van der Waals surface area contributed by atoms with Crippen LogP contribution < -0.4 is 16.7 Å². The molecule has 3 rings (SSSR count). The minimum atomic E-state index is -0.498. The number of nitro benzene ring substituents is 1. The molecule has 0 saturated heterocycles. The molecule has 0 unspecified atom stereocenters. The van der Waals surface area contributed by atoms with Gasteiger partial charge in [0.2, 0.25) is 5.95 Å². The minimum Gasteiger partial charge on any atom is -0.299 e. The fourth-order valence-electron chi connectivity index (χ4n) is 2.77. The van der Waals surface area contributed by atoms with Crippen molar-refractivity contribution in [3.05, 3.63) is 71.9 Å². The summed E-state index contributed by atoms with van der Waals surface area (Å²) >= 11 is 5.94. The number of fused-ring (bicyclic) bond motifs is 1. The Morgan fingerprint density at radius 2 is 1.93 bits per heavy atom. The molecule has 0 spiro atoms. The molecule has 156 valence electrons. The van der Waals surface area contributed by atoms with Crippen molar-refractivity contribution in [2.45, 2.75) is 13.5 Å². The van der Waals surface area contributed by atoms with Crippen molar-refractivity contribution in [3.63, 3.8) is 0 Å². The van der Waals surface area contributed by atoms with E-state index in [2.05, 4.69) is 15.5 Å². The van der Waals surface area contributed by atoms with Gasteiger partial charge >= 0.3 is 5.69 Å². The van der Waals surface area contributed by atoms with Crippen molar-refractivity contribution in [2.24, 2.45) is 19.2 Å². The van der Waals surface area contributed by atoms with Crippen LogP contribution in [0.25, 0.3) is 11.2 Å². The number of halogens is 1. The van der Waals surface area contributed by atoms with Crippen LogP contribution in [-0.2, 0) is 20.6 Å². The summed E-state index contributed by atoms with van der Waals surface area (Å²) in [4.78, 5) is 39.5. The fourth-order valence-corrected chi connectivity index (χ4v) is 2.84. The van der Waals surface area contributed by atoms with E-state index in [1.807, 2.05) is 0 Å². The van der Waals surface area contributed by atoms with E-state index in [1.165, 1.54) is 37.0 Å². The molecule has 0 saturated carbocycles. The van der Waals surface area contributed by atoms with Gasteiger partial charge in [0.1, 0.15) is 0 Å². The third kappa shape index (κ3) is 4.01. The Balaban J connectivity index is 2.03. The highest BCUT2D eigenvalue weighted by atomic mass is 35.5. The van der Waals surface area contributed by atoms with E-state index in [0.29, 0.717) is 10.6 Å². The van der Waals surface area contributed by atoms with Gasteiger partial charge in [0.05, 0.1) is 11.1 Å². The number of non-ortho nitro benzene ring substituents is 1. The van der Waals surface area contributed by atoms with Gasteiger partial charge in [-0.15, -0.1) is 0 Å². The first-order valence-corrected chi connectivity index (χ1v) is 9.10. The molecule has 2 heterocycles. The van der Waals surface area contributed by atoms with Crippen LogP contribution in [-0.4, -0.2) is 29.8 Å². The van der Waals surface area contributed by atoms with Gasteiger partial charge in [0.15, 0.2) is 11.2 Å². The maximum absolute atomic E-state index is 12.7. The number of imidazole rings is 1. The molecule has 1 N–H and O–H groups in total. The first kappa shape index (κ1) is 21.0. The number of nitrogens with one attached hydrogen (secondary N) is 1. The van der Waals surface area contributed by atoms with Crippen LogP contribution in [0.2, 0.25) is 0 Å². The second-order valence-electron chi connectivity index (χ2n) is 6.43. The second kappa shape index (κ2) is 8.33. The molecule has 1 aromatic carbocycles. The van der Waals surface area contributed by atoms with Gasteiger partial charge < -0.3 is 0 Å². The molecular weight excluding hydrogens is 414 g/mol. The Kier molecular flexibility index (Phi) is 5.83. The van der Waals surface area contributed by atoms with E-state index in [-0.39, 0.29) is 29.3 Å². The lowest BCUT2D eigenvalue weighted by molar-refractivity contribution is -0.384. The molecule has 2 aromatic heterocycles. The maximum Gasteiger partial charge on any atom is 0.332 e. The smallest absolute Gasteiger partial charge is 0.299 e. The Morgan fingerprint density at radius 3 is 2.53 bits per heavy atom. The lowest BCUT2D eigenvalue weighted by atomic mass is 10.2. The van der Waals surface area contributed by atoms with Gasteiger partial charge in [-0.1, -0.05) is 17.7 Å². The van der Waals surface area contributed by atoms with Crippen LogP contribution in [0.3, 0.4) is 0 Å². The summed E-state index contributed by atoms with van der Waals surface area (Å²) in [5, 5.41) is 15.4. The van der Waals surface area contributed by atoms with Gasteiger partial charge in [-0.2, -0.15) is 10.1 Å². The Bertz CT molecular complexity index is 1300. The molecule has 0 aliphatic rings. The van der Waals surface area contributed by atoms with Gasteiger partial charge in [-0.25, -0.2) is 10.2 Å². The number of aromatic nitrogens is 4. The molecule has 0 radical (unpaired) electrons. The second-order valence-corrected chi connectivity index (χ2v) is 7.03. The standard InChI is InChI=1S/C18H18ClN7O4/c1-11(19)8-9-25-14-15(23(2)18(28)24(3)16(14)27)21-17(25)22-20-10-12-4-6-13(7-5-12)26(29)30/h4-8,10H,9H2,1-3H3,(H,21,22)/b11-8-,20-10+. The van der Waals surface area contributed by atoms with Crippen LogP contribution in [0, 0.1) is 10.1 Å². The zero-order valence-corrected chi connectivity index (χ0v) is 17.1. The number of nitrogens with zero attached hydrogens (tertiary/aromatic N) is 6. The highest BCUT2D eigenvalue weighted by Crippen LogP contribution is 2.17. The molecule has 3 aromatic rings. The number of rotatable bonds is 6. The van der Waals surface area contributed by atoms with E-state index in [0.717, 1.165) is 4.57 Å². The summed E-state index contributed by atoms with van der Waals surface area (Å²) in [6.07, 6.45) is 3.14. The SMILES string of the molecule is C/C(Cl)=C/Cn1c(N/N=C/c2ccc([N+](=O)[O-])cc2)nc2c1c(=O)n(C)c(=O)n2C. The van der Waals surface area contributed by atoms with Crippen LogP contribution in [0.4, 0.5) is 11.6 Å². The number of hydrazone groups is 1. The van der Waals surface area contributed by atoms with Crippen molar-refractivity contribution in [1.82, 2.24) is 18.7 Å². The monoisotopic (exact) mass is 431 g/mol. The molecule has 0 aliphatic heterocycles. The van der Waals surface area contributed by atoms with Crippen molar-refractivity contribution in [3.8, 4) is 0 Å². The highest BCUT2D eigenvalue weighted by Gasteiger charge is 2.18. The average molecular weight is 432 g/mol. The number of benzene rings is 1. The lowest BCUT2D eigenvalue weighted by Gasteiger charge is -2.06. The number of allylic oxidation sites excluding steroid dienone is 2. The summed E-state index contributed by atoms with van der Waals surface area (Å²) in [5.74, 6) is 0.232. The number of hydrogen-bond donors (Lipinski definition) is 1. The summed E-state index contributed by atoms with van der Waals surface area (Å²) in [6.45, 7) is 1.93. The Labute approximate surface area is 174 Å². The van der Waals surface area contributed by atoms with Crippen LogP contribution in [0.1, 0.15) is 12.5 Å². The van der Waals surface area contributed by atoms with Crippen molar-refractivity contribution in [2.75, 3.05) is 5.43 Å². The van der Waals surface area contributed by atoms with E-state index in [1.54, 1.807) is 29.7 Å². The quantitative estimate of drug-likeness (QED) is 0.360. The van der Waals surface area contributed by atoms with E-state index >= 15 is 0 Å². The Morgan fingerprint density at radius 1 is 1.27 bits per heavy atom. The molecule has 0 bridgehead atoms. The predicted molar refractivity (Wildman–Crippen MR) is 114 cm³/mol. The van der Waals surface area contributed by atoms with Crippen LogP contribution >= 0.6 is 11.6 Å². The number of anilines is 1. The molecule has 12 heteroatoms. The van der Waals surface area contributed by atoms with Gasteiger partial charge in [0, 0.05) is 37.8 Å². The molecule has 0 amide bonds. The number of hydrogen-bond acceptors (Lipinski definition) is 7. The predicted octanol–water partition coefficient (Wildman–Crippen LogP) is 1.93. The van der Waals surface area contributed by atoms with E-state index < -0.39 is 16.2 Å². The van der Waals surface area contributed by atoms with Crippen LogP contribution in [0.5, 0.6) is 0 Å². The molecule has 30 heavy (non-hydrogen) atoms. The largest absolute Gasteiger partial charge is 0.332 e. The molecule has 0 aliphatic carbocycles. The van der Waals surface area contributed by atoms with Gasteiger partial charge in [-0.05, 0) is 24.6 Å². The molecular formula is C18H18ClN7O4. The Hall–Kier alpha value is -3.73. The van der Waals surface area contributed by atoms with Crippen molar-refractivity contribution < 1.29 is 4.92 Å². The van der Waals surface area contributed by atoms with E-state index in [4.69, 9.17) is 11.6 Å². The number of nitro groups is 1. The normalized spacial score (nSPS) is 12.1. The zero-order valence-electron chi connectivity index (χ0n) is 16.4. The van der Waals surface area contributed by atoms with Gasteiger partial charge in [0.25, 0.3) is 11.2 Å². The third-order valence-corrected chi connectivity index (χ3v) is 4.54. The first-order valence-electron chi connectivity index (χ1n) is 8.72. The summed E-state index contributed by atoms with van der Waals surface area (Å²) in [7, 11) is 2.91. The highest BCUT2D eigenvalue weighted by molar-refractivity contribution is 6.29. The summed E-state index contributed by atoms with van der Waals surface area (Å²) in [5.41, 5.74) is 2.79. The van der Waals surface area contributed by atoms with Crippen molar-refractivity contribution in [1.29, 1.82) is 0 Å². The number of aryl methyl sites for hydroxylation is 1. The summed E-state index contributed by atoms with van der Waals surface area (Å²) < 4.78 is 3.84. The molecule has 11 nitrogen and oxygen atoms in total. The average Bonchev–Trinajstić information content (AvgIpc) is 3.08. The van der Waals surface area contributed by atoms with Gasteiger partial charge in [-0.3, -0.25) is 28.6 Å². The minimum absolute atomic E-state index is 0.0260. The molecule has 0 fully saturated rings. The lowest BCUT2D eigenvalue weighted by Crippen LogP contribution is -2.37. The van der Waals surface area contributed by atoms with Crippen LogP contribution in [0.15, 0.2) is 50.1 Å². The maximum atomic E-state index is 12.7. The van der Waals surface area contributed by atoms with Crippen molar-refractivity contribution >= 4 is 40.6 Å².